The molecule has 0 unspecified atom stereocenters. The second kappa shape index (κ2) is 6.89. The van der Waals surface area contributed by atoms with Crippen molar-refractivity contribution in [2.45, 2.75) is 0 Å². The molecule has 7 heteroatoms. The van der Waals surface area contributed by atoms with Crippen LogP contribution in [0.1, 0.15) is 0 Å². The van der Waals surface area contributed by atoms with E-state index in [-0.39, 0.29) is 12.5 Å². The maximum Gasteiger partial charge on any atom is 0.254 e. The van der Waals surface area contributed by atoms with Crippen LogP contribution in [0.25, 0.3) is 11.0 Å². The highest BCUT2D eigenvalue weighted by Crippen LogP contribution is 2.30. The molecule has 122 valence electrons. The lowest BCUT2D eigenvalue weighted by molar-refractivity contribution is -0.123. The number of hydrogen-bond acceptors (Lipinski definition) is 6. The second-order valence-corrected chi connectivity index (χ2v) is 5.37. The average Bonchev–Trinajstić information content (AvgIpc) is 2.57. The molecule has 0 saturated carbocycles. The minimum atomic E-state index is -0.111. The maximum absolute atomic E-state index is 12.4. The molecule has 1 amide bonds. The molecule has 2 aromatic rings. The first-order chi connectivity index (χ1) is 11.2. The maximum atomic E-state index is 12.4. The fourth-order valence-corrected chi connectivity index (χ4v) is 2.50. The Balaban J connectivity index is 1.86. The Bertz CT molecular complexity index is 707. The summed E-state index contributed by atoms with van der Waals surface area (Å²) in [5.74, 6) is 1.21. The number of benzene rings is 1. The van der Waals surface area contributed by atoms with Gasteiger partial charge in [0.1, 0.15) is 6.61 Å². The van der Waals surface area contributed by atoms with Crippen LogP contribution in [0.4, 0.5) is 11.6 Å². The van der Waals surface area contributed by atoms with Crippen LogP contribution < -0.4 is 9.80 Å². The molecule has 2 heterocycles. The number of carbonyl (C=O) groups is 1. The van der Waals surface area contributed by atoms with Gasteiger partial charge < -0.3 is 14.4 Å². The van der Waals surface area contributed by atoms with Gasteiger partial charge in [-0.2, -0.15) is 0 Å². The Morgan fingerprint density at radius 2 is 1.83 bits per heavy atom. The van der Waals surface area contributed by atoms with Gasteiger partial charge in [-0.3, -0.25) is 9.69 Å². The Labute approximate surface area is 134 Å². The number of anilines is 2. The summed E-state index contributed by atoms with van der Waals surface area (Å²) in [5, 5.41) is 0. The van der Waals surface area contributed by atoms with Crippen molar-refractivity contribution < 1.29 is 14.3 Å². The van der Waals surface area contributed by atoms with Crippen molar-refractivity contribution in [1.82, 2.24) is 9.97 Å². The van der Waals surface area contributed by atoms with E-state index in [1.807, 2.05) is 36.2 Å². The molecule has 0 radical (unpaired) electrons. The largest absolute Gasteiger partial charge is 0.382 e. The van der Waals surface area contributed by atoms with E-state index in [9.17, 15) is 4.79 Å². The molecule has 1 aromatic carbocycles. The van der Waals surface area contributed by atoms with Gasteiger partial charge in [0.05, 0.1) is 24.2 Å². The van der Waals surface area contributed by atoms with Crippen LogP contribution >= 0.6 is 0 Å². The summed E-state index contributed by atoms with van der Waals surface area (Å²) >= 11 is 0. The number of para-hydroxylation sites is 2. The van der Waals surface area contributed by atoms with Crippen LogP contribution in [0, 0.1) is 0 Å². The molecule has 3 rings (SSSR count). The molecule has 0 spiro atoms. The number of methoxy groups -OCH3 is 1. The van der Waals surface area contributed by atoms with Gasteiger partial charge in [-0.1, -0.05) is 12.1 Å². The molecule has 0 bridgehead atoms. The predicted molar refractivity (Wildman–Crippen MR) is 87.9 cm³/mol. The first-order valence-electron chi connectivity index (χ1n) is 7.55. The van der Waals surface area contributed by atoms with Crippen molar-refractivity contribution >= 4 is 28.6 Å². The van der Waals surface area contributed by atoms with Crippen LogP contribution in [-0.4, -0.2) is 62.9 Å². The summed E-state index contributed by atoms with van der Waals surface area (Å²) < 4.78 is 10.2. The van der Waals surface area contributed by atoms with E-state index in [1.54, 1.807) is 12.0 Å². The van der Waals surface area contributed by atoms with Gasteiger partial charge in [-0.25, -0.2) is 9.97 Å². The van der Waals surface area contributed by atoms with Crippen LogP contribution in [-0.2, 0) is 14.3 Å². The van der Waals surface area contributed by atoms with Gasteiger partial charge in [-0.05, 0) is 12.1 Å². The van der Waals surface area contributed by atoms with E-state index in [0.29, 0.717) is 32.1 Å². The lowest BCUT2D eigenvalue weighted by Gasteiger charge is -2.33. The third-order valence-electron chi connectivity index (χ3n) is 3.77. The van der Waals surface area contributed by atoms with E-state index >= 15 is 0 Å². The zero-order valence-corrected chi connectivity index (χ0v) is 13.4. The molecular formula is C16H20N4O3. The Kier molecular flexibility index (Phi) is 4.68. The second-order valence-electron chi connectivity index (χ2n) is 5.37. The van der Waals surface area contributed by atoms with Gasteiger partial charge in [0.25, 0.3) is 5.91 Å². The zero-order chi connectivity index (χ0) is 16.2. The molecule has 0 aliphatic carbocycles. The minimum absolute atomic E-state index is 0.0149. The fourth-order valence-electron chi connectivity index (χ4n) is 2.50. The average molecular weight is 316 g/mol. The third-order valence-corrected chi connectivity index (χ3v) is 3.77. The molecule has 0 atom stereocenters. The summed E-state index contributed by atoms with van der Waals surface area (Å²) in [6.45, 7) is 2.16. The molecule has 0 saturated heterocycles. The summed E-state index contributed by atoms with van der Waals surface area (Å²) in [6.07, 6.45) is 0. The minimum Gasteiger partial charge on any atom is -0.382 e. The predicted octanol–water partition coefficient (Wildman–Crippen LogP) is 1.08. The quantitative estimate of drug-likeness (QED) is 0.769. The SMILES string of the molecule is COCCOCC(=O)N1CCN(C)c2nc3ccccc3nc21. The Morgan fingerprint density at radius 1 is 1.13 bits per heavy atom. The molecule has 7 nitrogen and oxygen atoms in total. The third kappa shape index (κ3) is 3.25. The topological polar surface area (TPSA) is 67.8 Å². The summed E-state index contributed by atoms with van der Waals surface area (Å²) in [5.41, 5.74) is 1.60. The zero-order valence-electron chi connectivity index (χ0n) is 13.4. The van der Waals surface area contributed by atoms with E-state index in [4.69, 9.17) is 9.47 Å². The van der Waals surface area contributed by atoms with E-state index in [2.05, 4.69) is 9.97 Å². The molecule has 1 aromatic heterocycles. The van der Waals surface area contributed by atoms with Crippen LogP contribution in [0.5, 0.6) is 0 Å². The highest BCUT2D eigenvalue weighted by Gasteiger charge is 2.28. The van der Waals surface area contributed by atoms with Gasteiger partial charge in [0.15, 0.2) is 11.6 Å². The monoisotopic (exact) mass is 316 g/mol. The smallest absolute Gasteiger partial charge is 0.254 e. The molecule has 0 fully saturated rings. The fraction of sp³-hybridized carbons (Fsp3) is 0.438. The van der Waals surface area contributed by atoms with E-state index in [0.717, 1.165) is 16.9 Å². The van der Waals surface area contributed by atoms with Crippen LogP contribution in [0.3, 0.4) is 0 Å². The number of hydrogen-bond donors (Lipinski definition) is 0. The summed E-state index contributed by atoms with van der Waals surface area (Å²) in [4.78, 5) is 25.4. The molecular weight excluding hydrogens is 296 g/mol. The number of aromatic nitrogens is 2. The van der Waals surface area contributed by atoms with Gasteiger partial charge >= 0.3 is 0 Å². The van der Waals surface area contributed by atoms with Crippen LogP contribution in [0.15, 0.2) is 24.3 Å². The standard InChI is InChI=1S/C16H20N4O3/c1-19-7-8-20(14(21)11-23-10-9-22-2)16-15(19)17-12-5-3-4-6-13(12)18-16/h3-6H,7-11H2,1-2H3. The number of nitrogens with zero attached hydrogens (tertiary/aromatic N) is 4. The van der Waals surface area contributed by atoms with Gasteiger partial charge in [-0.15, -0.1) is 0 Å². The molecule has 1 aliphatic rings. The van der Waals surface area contributed by atoms with Crippen molar-refractivity contribution in [3.63, 3.8) is 0 Å². The Morgan fingerprint density at radius 3 is 2.52 bits per heavy atom. The lowest BCUT2D eigenvalue weighted by Crippen LogP contribution is -2.45. The Hall–Kier alpha value is -2.25. The van der Waals surface area contributed by atoms with Crippen molar-refractivity contribution in [2.24, 2.45) is 0 Å². The van der Waals surface area contributed by atoms with Crippen molar-refractivity contribution in [2.75, 3.05) is 56.9 Å². The first kappa shape index (κ1) is 15.6. The summed E-state index contributed by atoms with van der Waals surface area (Å²) in [7, 11) is 3.56. The van der Waals surface area contributed by atoms with Gasteiger partial charge in [0.2, 0.25) is 0 Å². The van der Waals surface area contributed by atoms with Crippen LogP contribution in [0.2, 0.25) is 0 Å². The summed E-state index contributed by atoms with van der Waals surface area (Å²) in [6, 6.07) is 7.66. The van der Waals surface area contributed by atoms with Crippen molar-refractivity contribution in [3.05, 3.63) is 24.3 Å². The van der Waals surface area contributed by atoms with Gasteiger partial charge in [0, 0.05) is 27.2 Å². The van der Waals surface area contributed by atoms with E-state index in [1.165, 1.54) is 0 Å². The number of amides is 1. The molecule has 0 N–H and O–H groups in total. The normalized spacial score (nSPS) is 14.2. The van der Waals surface area contributed by atoms with Crippen molar-refractivity contribution in [3.8, 4) is 0 Å². The number of fused-ring (bicyclic) bond motifs is 2. The molecule has 23 heavy (non-hydrogen) atoms. The lowest BCUT2D eigenvalue weighted by atomic mass is 10.2. The number of carbonyl (C=O) groups excluding carboxylic acids is 1. The number of rotatable bonds is 5. The van der Waals surface area contributed by atoms with E-state index < -0.39 is 0 Å². The first-order valence-corrected chi connectivity index (χ1v) is 7.55. The highest BCUT2D eigenvalue weighted by molar-refractivity contribution is 5.98. The highest BCUT2D eigenvalue weighted by atomic mass is 16.5. The van der Waals surface area contributed by atoms with Crippen molar-refractivity contribution in [1.29, 1.82) is 0 Å². The number of likely N-dealkylation sites (N-methyl/N-ethyl adjacent to an activating group) is 1. The molecule has 1 aliphatic heterocycles. The number of ether oxygens (including phenoxy) is 2.